The summed E-state index contributed by atoms with van der Waals surface area (Å²) in [5, 5.41) is 1.02. The van der Waals surface area contributed by atoms with Gasteiger partial charge < -0.3 is 14.5 Å². The Morgan fingerprint density at radius 3 is 2.69 bits per heavy atom. The van der Waals surface area contributed by atoms with Gasteiger partial charge in [-0.3, -0.25) is 14.2 Å². The summed E-state index contributed by atoms with van der Waals surface area (Å²) in [6.45, 7) is 5.42. The summed E-state index contributed by atoms with van der Waals surface area (Å²) in [5.74, 6) is 0.0196. The first kappa shape index (κ1) is 20.1. The second-order valence-electron chi connectivity index (χ2n) is 8.48. The molecule has 1 amide bonds. The Hall–Kier alpha value is -2.18. The van der Waals surface area contributed by atoms with Crippen LogP contribution in [0.2, 0.25) is 0 Å². The summed E-state index contributed by atoms with van der Waals surface area (Å²) < 4.78 is 7.46. The Labute approximate surface area is 172 Å². The van der Waals surface area contributed by atoms with E-state index in [0.29, 0.717) is 6.54 Å². The number of para-hydroxylation sites is 1. The van der Waals surface area contributed by atoms with E-state index in [4.69, 9.17) is 4.74 Å². The van der Waals surface area contributed by atoms with Gasteiger partial charge in [-0.2, -0.15) is 0 Å². The number of ether oxygens (including phenoxy) is 1. The molecule has 0 bridgehead atoms. The molecular weight excluding hydrogens is 366 g/mol. The van der Waals surface area contributed by atoms with Crippen molar-refractivity contribution in [3.8, 4) is 0 Å². The first-order valence-electron chi connectivity index (χ1n) is 10.7. The number of piperidine rings is 1. The monoisotopic (exact) mass is 397 g/mol. The minimum Gasteiger partial charge on any atom is -0.376 e. The number of nitrogens with zero attached hydrogens (tertiary/aromatic N) is 3. The maximum atomic E-state index is 13.5. The number of fused-ring (bicyclic) bond motifs is 1. The Bertz CT molecular complexity index is 925. The van der Waals surface area contributed by atoms with E-state index in [1.807, 2.05) is 36.1 Å². The van der Waals surface area contributed by atoms with Crippen LogP contribution in [0.5, 0.6) is 0 Å². The largest absolute Gasteiger partial charge is 0.376 e. The fourth-order valence-electron chi connectivity index (χ4n) is 4.66. The third-order valence-electron chi connectivity index (χ3n) is 6.39. The van der Waals surface area contributed by atoms with Crippen molar-refractivity contribution >= 4 is 16.8 Å². The van der Waals surface area contributed by atoms with Crippen LogP contribution >= 0.6 is 0 Å². The first-order chi connectivity index (χ1) is 14.0. The van der Waals surface area contributed by atoms with Gasteiger partial charge in [0.15, 0.2) is 0 Å². The molecule has 2 aliphatic rings. The van der Waals surface area contributed by atoms with Crippen LogP contribution < -0.4 is 5.56 Å². The predicted molar refractivity (Wildman–Crippen MR) is 114 cm³/mol. The summed E-state index contributed by atoms with van der Waals surface area (Å²) in [7, 11) is 2.13. The van der Waals surface area contributed by atoms with E-state index < -0.39 is 0 Å². The van der Waals surface area contributed by atoms with Crippen molar-refractivity contribution in [2.24, 2.45) is 0 Å². The molecule has 0 aliphatic carbocycles. The van der Waals surface area contributed by atoms with Crippen LogP contribution in [0, 0.1) is 6.92 Å². The van der Waals surface area contributed by atoms with E-state index >= 15 is 0 Å². The van der Waals surface area contributed by atoms with E-state index in [1.54, 1.807) is 10.6 Å². The molecule has 6 nitrogen and oxygen atoms in total. The molecule has 1 unspecified atom stereocenters. The molecule has 156 valence electrons. The molecule has 0 radical (unpaired) electrons. The van der Waals surface area contributed by atoms with E-state index in [9.17, 15) is 9.59 Å². The zero-order chi connectivity index (χ0) is 20.4. The fraction of sp³-hybridized carbons (Fsp3) is 0.565. The standard InChI is InChI=1S/C23H31N3O3/c1-17-14-22(27)26(21-8-4-3-7-20(17)21)16-23(28)25(15-19-6-5-13-29-19)18-9-11-24(2)12-10-18/h3-4,7-8,14,18-19H,5-6,9-13,15-16H2,1-2H3. The van der Waals surface area contributed by atoms with E-state index in [2.05, 4.69) is 11.9 Å². The van der Waals surface area contributed by atoms with Crippen LogP contribution in [-0.2, 0) is 16.1 Å². The number of aryl methyl sites for hydroxylation is 1. The Morgan fingerprint density at radius 2 is 1.97 bits per heavy atom. The average Bonchev–Trinajstić information content (AvgIpc) is 3.23. The van der Waals surface area contributed by atoms with E-state index in [0.717, 1.165) is 61.8 Å². The highest BCUT2D eigenvalue weighted by Gasteiger charge is 2.30. The van der Waals surface area contributed by atoms with Crippen molar-refractivity contribution in [3.05, 3.63) is 46.2 Å². The summed E-state index contributed by atoms with van der Waals surface area (Å²) >= 11 is 0. The molecule has 2 saturated heterocycles. The molecule has 0 N–H and O–H groups in total. The number of carbonyl (C=O) groups excluding carboxylic acids is 1. The van der Waals surface area contributed by atoms with Gasteiger partial charge >= 0.3 is 0 Å². The Morgan fingerprint density at radius 1 is 1.21 bits per heavy atom. The quantitative estimate of drug-likeness (QED) is 0.778. The summed E-state index contributed by atoms with van der Waals surface area (Å²) in [4.78, 5) is 30.5. The zero-order valence-electron chi connectivity index (χ0n) is 17.5. The van der Waals surface area contributed by atoms with Crippen molar-refractivity contribution in [2.45, 2.75) is 51.3 Å². The van der Waals surface area contributed by atoms with Gasteiger partial charge in [0, 0.05) is 30.6 Å². The van der Waals surface area contributed by atoms with Gasteiger partial charge in [-0.1, -0.05) is 18.2 Å². The van der Waals surface area contributed by atoms with Crippen LogP contribution in [0.15, 0.2) is 35.1 Å². The van der Waals surface area contributed by atoms with Crippen LogP contribution in [0.4, 0.5) is 0 Å². The third-order valence-corrected chi connectivity index (χ3v) is 6.39. The molecule has 1 atom stereocenters. The number of hydrogen-bond acceptors (Lipinski definition) is 4. The van der Waals surface area contributed by atoms with Gasteiger partial charge in [0.1, 0.15) is 6.54 Å². The molecule has 6 heteroatoms. The fourth-order valence-corrected chi connectivity index (χ4v) is 4.66. The summed E-state index contributed by atoms with van der Waals surface area (Å²) in [5.41, 5.74) is 1.65. The molecule has 0 spiro atoms. The summed E-state index contributed by atoms with van der Waals surface area (Å²) in [6.07, 6.45) is 4.12. The average molecular weight is 398 g/mol. The summed E-state index contributed by atoms with van der Waals surface area (Å²) in [6, 6.07) is 9.67. The molecule has 3 heterocycles. The molecule has 2 aliphatic heterocycles. The van der Waals surface area contributed by atoms with Gasteiger partial charge in [0.05, 0.1) is 11.6 Å². The van der Waals surface area contributed by atoms with Crippen LogP contribution in [0.1, 0.15) is 31.2 Å². The Kier molecular flexibility index (Phi) is 6.01. The van der Waals surface area contributed by atoms with Gasteiger partial charge in [-0.15, -0.1) is 0 Å². The molecule has 0 saturated carbocycles. The lowest BCUT2D eigenvalue weighted by molar-refractivity contribution is -0.137. The van der Waals surface area contributed by atoms with Crippen LogP contribution in [-0.4, -0.2) is 65.7 Å². The van der Waals surface area contributed by atoms with E-state index in [-0.39, 0.29) is 30.2 Å². The maximum Gasteiger partial charge on any atom is 0.251 e. The van der Waals surface area contributed by atoms with Gasteiger partial charge in [0.25, 0.3) is 5.56 Å². The normalized spacial score (nSPS) is 21.0. The lowest BCUT2D eigenvalue weighted by Crippen LogP contribution is -2.50. The highest BCUT2D eigenvalue weighted by atomic mass is 16.5. The number of aromatic nitrogens is 1. The molecule has 29 heavy (non-hydrogen) atoms. The van der Waals surface area contributed by atoms with Gasteiger partial charge in [-0.25, -0.2) is 0 Å². The topological polar surface area (TPSA) is 54.8 Å². The second kappa shape index (κ2) is 8.67. The lowest BCUT2D eigenvalue weighted by atomic mass is 10.0. The molecule has 2 aromatic rings. The minimum absolute atomic E-state index is 0.0196. The highest BCUT2D eigenvalue weighted by Crippen LogP contribution is 2.22. The number of benzene rings is 1. The number of amides is 1. The van der Waals surface area contributed by atoms with Crippen molar-refractivity contribution < 1.29 is 9.53 Å². The molecule has 1 aromatic carbocycles. The Balaban J connectivity index is 1.61. The van der Waals surface area contributed by atoms with Crippen molar-refractivity contribution in [2.75, 3.05) is 33.3 Å². The zero-order valence-corrected chi connectivity index (χ0v) is 17.5. The molecule has 1 aromatic heterocycles. The van der Waals surface area contributed by atoms with Crippen molar-refractivity contribution in [3.63, 3.8) is 0 Å². The van der Waals surface area contributed by atoms with Crippen molar-refractivity contribution in [1.82, 2.24) is 14.4 Å². The van der Waals surface area contributed by atoms with Crippen LogP contribution in [0.25, 0.3) is 10.9 Å². The lowest BCUT2D eigenvalue weighted by Gasteiger charge is -2.38. The predicted octanol–water partition coefficient (Wildman–Crippen LogP) is 2.41. The number of rotatable bonds is 5. The minimum atomic E-state index is -0.116. The molecular formula is C23H31N3O3. The maximum absolute atomic E-state index is 13.5. The smallest absolute Gasteiger partial charge is 0.251 e. The number of likely N-dealkylation sites (tertiary alicyclic amines) is 1. The van der Waals surface area contributed by atoms with Gasteiger partial charge in [0.2, 0.25) is 5.91 Å². The number of pyridine rings is 1. The van der Waals surface area contributed by atoms with E-state index in [1.165, 1.54) is 0 Å². The molecule has 4 rings (SSSR count). The highest BCUT2D eigenvalue weighted by molar-refractivity contribution is 5.84. The second-order valence-corrected chi connectivity index (χ2v) is 8.48. The van der Waals surface area contributed by atoms with Crippen LogP contribution in [0.3, 0.4) is 0 Å². The third kappa shape index (κ3) is 4.38. The van der Waals surface area contributed by atoms with Crippen molar-refractivity contribution in [1.29, 1.82) is 0 Å². The molecule has 2 fully saturated rings. The first-order valence-corrected chi connectivity index (χ1v) is 10.7. The number of carbonyl (C=O) groups is 1. The number of hydrogen-bond donors (Lipinski definition) is 0. The SMILES string of the molecule is Cc1cc(=O)n(CC(=O)N(CC2CCCO2)C2CCN(C)CC2)c2ccccc12. The van der Waals surface area contributed by atoms with Gasteiger partial charge in [-0.05, 0) is 64.4 Å².